The molecule has 172 valence electrons. The van der Waals surface area contributed by atoms with Gasteiger partial charge in [0.25, 0.3) is 0 Å². The summed E-state index contributed by atoms with van der Waals surface area (Å²) in [4.78, 5) is 19.8. The van der Waals surface area contributed by atoms with Gasteiger partial charge in [0.05, 0.1) is 12.3 Å². The monoisotopic (exact) mass is 455 g/mol. The van der Waals surface area contributed by atoms with E-state index in [2.05, 4.69) is 15.3 Å². The Balaban J connectivity index is 1.48. The quantitative estimate of drug-likeness (QED) is 0.280. The Morgan fingerprint density at radius 3 is 2.26 bits per heavy atom. The molecule has 7 nitrogen and oxygen atoms in total. The molecule has 0 aliphatic carbocycles. The summed E-state index contributed by atoms with van der Waals surface area (Å²) in [6.45, 7) is 0.753. The van der Waals surface area contributed by atoms with Crippen molar-refractivity contribution in [1.29, 1.82) is 0 Å². The number of carboxylic acid groups (broad SMARTS) is 1. The summed E-state index contributed by atoms with van der Waals surface area (Å²) < 4.78 is 11.6. The summed E-state index contributed by atoms with van der Waals surface area (Å²) in [5.41, 5.74) is 3.55. The van der Waals surface area contributed by atoms with Crippen LogP contribution in [0.1, 0.15) is 18.4 Å². The number of anilines is 2. The minimum Gasteiger partial charge on any atom is -0.494 e. The number of carboxylic acids is 1. The molecule has 0 spiro atoms. The van der Waals surface area contributed by atoms with Crippen molar-refractivity contribution >= 4 is 17.6 Å². The number of aromatic nitrogens is 2. The Labute approximate surface area is 198 Å². The lowest BCUT2D eigenvalue weighted by molar-refractivity contribution is -0.137. The molecular weight excluding hydrogens is 430 g/mol. The SMILES string of the molecule is O=C(O)CCCOc1ccc(Nc2nc(OCc3ccccc3)cc(-c3ccccc3)n2)cc1. The van der Waals surface area contributed by atoms with Crippen LogP contribution in [-0.2, 0) is 11.4 Å². The van der Waals surface area contributed by atoms with E-state index >= 15 is 0 Å². The largest absolute Gasteiger partial charge is 0.494 e. The summed E-state index contributed by atoms with van der Waals surface area (Å²) in [6, 6.07) is 29.0. The highest BCUT2D eigenvalue weighted by Gasteiger charge is 2.09. The fourth-order valence-corrected chi connectivity index (χ4v) is 3.22. The van der Waals surface area contributed by atoms with Crippen LogP contribution in [0.3, 0.4) is 0 Å². The Hall–Kier alpha value is -4.39. The maximum atomic E-state index is 10.6. The third kappa shape index (κ3) is 6.80. The number of hydrogen-bond donors (Lipinski definition) is 2. The zero-order chi connectivity index (χ0) is 23.6. The number of benzene rings is 3. The van der Waals surface area contributed by atoms with Crippen molar-refractivity contribution in [2.45, 2.75) is 19.4 Å². The third-order valence-corrected chi connectivity index (χ3v) is 4.92. The summed E-state index contributed by atoms with van der Waals surface area (Å²) in [6.07, 6.45) is 0.546. The molecule has 0 unspecified atom stereocenters. The Bertz CT molecular complexity index is 1200. The van der Waals surface area contributed by atoms with Crippen molar-refractivity contribution in [1.82, 2.24) is 9.97 Å². The molecule has 3 aromatic carbocycles. The molecular formula is C27H25N3O4. The van der Waals surface area contributed by atoms with E-state index < -0.39 is 5.97 Å². The van der Waals surface area contributed by atoms with Crippen LogP contribution >= 0.6 is 0 Å². The minimum absolute atomic E-state index is 0.0867. The molecule has 1 aromatic heterocycles. The van der Waals surface area contributed by atoms with Gasteiger partial charge in [-0.1, -0.05) is 60.7 Å². The number of ether oxygens (including phenoxy) is 2. The fourth-order valence-electron chi connectivity index (χ4n) is 3.22. The van der Waals surface area contributed by atoms with Crippen LogP contribution in [0.4, 0.5) is 11.6 Å². The standard InChI is InChI=1S/C27H25N3O4/c31-26(32)12-7-17-33-23-15-13-22(14-16-23)28-27-29-24(21-10-5-2-6-11-21)18-25(30-27)34-19-20-8-3-1-4-9-20/h1-6,8-11,13-16,18H,7,12,17,19H2,(H,31,32)(H,28,29,30). The smallest absolute Gasteiger partial charge is 0.303 e. The fraction of sp³-hybridized carbons (Fsp3) is 0.148. The number of carbonyl (C=O) groups is 1. The number of nitrogens with zero attached hydrogens (tertiary/aromatic N) is 2. The molecule has 0 amide bonds. The van der Waals surface area contributed by atoms with E-state index in [0.717, 1.165) is 22.5 Å². The van der Waals surface area contributed by atoms with E-state index in [1.807, 2.05) is 91.0 Å². The molecule has 0 saturated heterocycles. The van der Waals surface area contributed by atoms with E-state index in [1.165, 1.54) is 0 Å². The number of nitrogens with one attached hydrogen (secondary N) is 1. The summed E-state index contributed by atoms with van der Waals surface area (Å²) >= 11 is 0. The van der Waals surface area contributed by atoms with Crippen LogP contribution in [0.5, 0.6) is 11.6 Å². The first-order valence-corrected chi connectivity index (χ1v) is 11.0. The highest BCUT2D eigenvalue weighted by Crippen LogP contribution is 2.25. The average Bonchev–Trinajstić information content (AvgIpc) is 2.87. The predicted molar refractivity (Wildman–Crippen MR) is 130 cm³/mol. The van der Waals surface area contributed by atoms with Crippen LogP contribution in [0.25, 0.3) is 11.3 Å². The topological polar surface area (TPSA) is 93.6 Å². The molecule has 4 aromatic rings. The van der Waals surface area contributed by atoms with Gasteiger partial charge in [-0.3, -0.25) is 4.79 Å². The van der Waals surface area contributed by atoms with Crippen molar-refractivity contribution in [3.05, 3.63) is 96.6 Å². The zero-order valence-electron chi connectivity index (χ0n) is 18.6. The molecule has 7 heteroatoms. The number of rotatable bonds is 11. The minimum atomic E-state index is -0.826. The lowest BCUT2D eigenvalue weighted by Crippen LogP contribution is -2.03. The van der Waals surface area contributed by atoms with Gasteiger partial charge >= 0.3 is 5.97 Å². The second-order valence-corrected chi connectivity index (χ2v) is 7.55. The van der Waals surface area contributed by atoms with Gasteiger partial charge in [-0.25, -0.2) is 4.98 Å². The van der Waals surface area contributed by atoms with E-state index in [-0.39, 0.29) is 6.42 Å². The number of aliphatic carboxylic acids is 1. The van der Waals surface area contributed by atoms with Gasteiger partial charge < -0.3 is 19.9 Å². The molecule has 0 aliphatic heterocycles. The Kier molecular flexibility index (Phi) is 7.69. The van der Waals surface area contributed by atoms with Gasteiger partial charge in [-0.2, -0.15) is 4.98 Å². The van der Waals surface area contributed by atoms with E-state index in [1.54, 1.807) is 0 Å². The molecule has 34 heavy (non-hydrogen) atoms. The highest BCUT2D eigenvalue weighted by molar-refractivity contribution is 5.66. The average molecular weight is 456 g/mol. The molecule has 0 fully saturated rings. The number of hydrogen-bond acceptors (Lipinski definition) is 6. The van der Waals surface area contributed by atoms with Gasteiger partial charge in [-0.15, -0.1) is 0 Å². The van der Waals surface area contributed by atoms with Gasteiger partial charge in [0.15, 0.2) is 0 Å². The maximum Gasteiger partial charge on any atom is 0.303 e. The van der Waals surface area contributed by atoms with E-state index in [4.69, 9.17) is 14.6 Å². The first-order valence-electron chi connectivity index (χ1n) is 11.0. The molecule has 1 heterocycles. The summed E-state index contributed by atoms with van der Waals surface area (Å²) in [5.74, 6) is 0.730. The summed E-state index contributed by atoms with van der Waals surface area (Å²) in [7, 11) is 0. The van der Waals surface area contributed by atoms with Crippen molar-refractivity contribution in [3.63, 3.8) is 0 Å². The van der Waals surface area contributed by atoms with Crippen molar-refractivity contribution in [3.8, 4) is 22.9 Å². The molecule has 0 bridgehead atoms. The van der Waals surface area contributed by atoms with Gasteiger partial charge in [0, 0.05) is 23.7 Å². The van der Waals surface area contributed by atoms with Crippen LogP contribution in [0.15, 0.2) is 91.0 Å². The van der Waals surface area contributed by atoms with Crippen molar-refractivity contribution < 1.29 is 19.4 Å². The molecule has 0 aliphatic rings. The van der Waals surface area contributed by atoms with E-state index in [0.29, 0.717) is 37.2 Å². The zero-order valence-corrected chi connectivity index (χ0v) is 18.6. The van der Waals surface area contributed by atoms with Crippen LogP contribution in [0, 0.1) is 0 Å². The van der Waals surface area contributed by atoms with Gasteiger partial charge in [-0.05, 0) is 36.2 Å². The normalized spacial score (nSPS) is 10.5. The van der Waals surface area contributed by atoms with Crippen molar-refractivity contribution in [2.75, 3.05) is 11.9 Å². The van der Waals surface area contributed by atoms with Crippen LogP contribution < -0.4 is 14.8 Å². The van der Waals surface area contributed by atoms with Gasteiger partial charge in [0.2, 0.25) is 11.8 Å². The first-order chi connectivity index (χ1) is 16.7. The lowest BCUT2D eigenvalue weighted by Gasteiger charge is -2.12. The predicted octanol–water partition coefficient (Wildman–Crippen LogP) is 5.71. The van der Waals surface area contributed by atoms with E-state index in [9.17, 15) is 4.79 Å². The van der Waals surface area contributed by atoms with Gasteiger partial charge in [0.1, 0.15) is 12.4 Å². The Morgan fingerprint density at radius 2 is 1.56 bits per heavy atom. The molecule has 4 rings (SSSR count). The molecule has 2 N–H and O–H groups in total. The second-order valence-electron chi connectivity index (χ2n) is 7.55. The van der Waals surface area contributed by atoms with Crippen LogP contribution in [-0.4, -0.2) is 27.7 Å². The second kappa shape index (κ2) is 11.5. The molecule has 0 radical (unpaired) electrons. The highest BCUT2D eigenvalue weighted by atomic mass is 16.5. The first kappa shape index (κ1) is 22.8. The van der Waals surface area contributed by atoms with Crippen molar-refractivity contribution in [2.24, 2.45) is 0 Å². The lowest BCUT2D eigenvalue weighted by atomic mass is 10.1. The third-order valence-electron chi connectivity index (χ3n) is 4.92. The molecule has 0 saturated carbocycles. The Morgan fingerprint density at radius 1 is 0.853 bits per heavy atom. The maximum absolute atomic E-state index is 10.6. The van der Waals surface area contributed by atoms with Crippen LogP contribution in [0.2, 0.25) is 0 Å². The molecule has 0 atom stereocenters. The summed E-state index contributed by atoms with van der Waals surface area (Å²) in [5, 5.41) is 11.9.